The number of carbonyl (C=O) groups is 1. The Balaban J connectivity index is 2.96. The Kier molecular flexibility index (Phi) is 4.47. The predicted octanol–water partition coefficient (Wildman–Crippen LogP) is 2.29. The topological polar surface area (TPSA) is 87.7 Å². The molecule has 0 aromatic heterocycles. The monoisotopic (exact) mass is 267 g/mol. The van der Waals surface area contributed by atoms with Crippen LogP contribution in [0, 0.1) is 11.2 Å². The molecule has 0 unspecified atom stereocenters. The third kappa shape index (κ3) is 3.43. The number of amidine groups is 1. The first-order valence-electron chi connectivity index (χ1n) is 5.90. The van der Waals surface area contributed by atoms with Gasteiger partial charge >= 0.3 is 0 Å². The summed E-state index contributed by atoms with van der Waals surface area (Å²) in [4.78, 5) is 11.9. The van der Waals surface area contributed by atoms with E-state index in [1.807, 2.05) is 6.92 Å². The van der Waals surface area contributed by atoms with Crippen LogP contribution in [-0.4, -0.2) is 17.0 Å². The van der Waals surface area contributed by atoms with E-state index in [0.29, 0.717) is 6.42 Å². The summed E-state index contributed by atoms with van der Waals surface area (Å²) in [7, 11) is 0. The van der Waals surface area contributed by atoms with Crippen LogP contribution in [0.1, 0.15) is 32.8 Å². The quantitative estimate of drug-likeness (QED) is 0.338. The maximum absolute atomic E-state index is 13.8. The average Bonchev–Trinajstić information content (AvgIpc) is 2.39. The standard InChI is InChI=1S/C13H18FN3O2/c1-4-13(2,3)12(18)16-10-6-5-8(7-9(10)14)11(15)17-19/h5-7,19H,4H2,1-3H3,(H2,15,17)(H,16,18). The van der Waals surface area contributed by atoms with Gasteiger partial charge in [-0.2, -0.15) is 0 Å². The first-order valence-corrected chi connectivity index (χ1v) is 5.90. The van der Waals surface area contributed by atoms with Gasteiger partial charge in [0.15, 0.2) is 5.84 Å². The van der Waals surface area contributed by atoms with E-state index in [2.05, 4.69) is 10.5 Å². The number of halogens is 1. The van der Waals surface area contributed by atoms with Gasteiger partial charge in [-0.3, -0.25) is 4.79 Å². The van der Waals surface area contributed by atoms with Crippen LogP contribution >= 0.6 is 0 Å². The number of carbonyl (C=O) groups excluding carboxylic acids is 1. The molecule has 0 bridgehead atoms. The fourth-order valence-electron chi connectivity index (χ4n) is 1.29. The Morgan fingerprint density at radius 3 is 2.63 bits per heavy atom. The van der Waals surface area contributed by atoms with Crippen molar-refractivity contribution in [2.24, 2.45) is 16.3 Å². The summed E-state index contributed by atoms with van der Waals surface area (Å²) in [5.74, 6) is -1.08. The number of nitrogens with zero attached hydrogens (tertiary/aromatic N) is 1. The fraction of sp³-hybridized carbons (Fsp3) is 0.385. The van der Waals surface area contributed by atoms with Crippen molar-refractivity contribution >= 4 is 17.4 Å². The Bertz CT molecular complexity index is 513. The smallest absolute Gasteiger partial charge is 0.230 e. The number of anilines is 1. The van der Waals surface area contributed by atoms with E-state index in [1.165, 1.54) is 12.1 Å². The van der Waals surface area contributed by atoms with Gasteiger partial charge in [-0.05, 0) is 24.6 Å². The van der Waals surface area contributed by atoms with Crippen molar-refractivity contribution in [1.82, 2.24) is 0 Å². The Morgan fingerprint density at radius 2 is 2.16 bits per heavy atom. The molecule has 5 nitrogen and oxygen atoms in total. The normalized spacial score (nSPS) is 12.3. The van der Waals surface area contributed by atoms with E-state index < -0.39 is 11.2 Å². The Hall–Kier alpha value is -2.11. The van der Waals surface area contributed by atoms with Crippen LogP contribution < -0.4 is 11.1 Å². The Morgan fingerprint density at radius 1 is 1.53 bits per heavy atom. The summed E-state index contributed by atoms with van der Waals surface area (Å²) in [5.41, 5.74) is 5.09. The molecule has 0 fully saturated rings. The maximum atomic E-state index is 13.8. The third-order valence-electron chi connectivity index (χ3n) is 3.12. The van der Waals surface area contributed by atoms with Gasteiger partial charge in [0.2, 0.25) is 5.91 Å². The van der Waals surface area contributed by atoms with Crippen molar-refractivity contribution in [3.05, 3.63) is 29.6 Å². The highest BCUT2D eigenvalue weighted by atomic mass is 19.1. The number of rotatable bonds is 4. The highest BCUT2D eigenvalue weighted by Gasteiger charge is 2.26. The lowest BCUT2D eigenvalue weighted by Crippen LogP contribution is -2.30. The number of hydrogen-bond donors (Lipinski definition) is 3. The van der Waals surface area contributed by atoms with E-state index >= 15 is 0 Å². The molecular formula is C13H18FN3O2. The van der Waals surface area contributed by atoms with Crippen LogP contribution in [0.4, 0.5) is 10.1 Å². The molecule has 4 N–H and O–H groups in total. The summed E-state index contributed by atoms with van der Waals surface area (Å²) in [6.07, 6.45) is 0.642. The molecule has 0 atom stereocenters. The molecule has 19 heavy (non-hydrogen) atoms. The molecule has 0 spiro atoms. The number of oxime groups is 1. The summed E-state index contributed by atoms with van der Waals surface area (Å²) in [6, 6.07) is 3.95. The molecule has 0 aliphatic heterocycles. The van der Waals surface area contributed by atoms with E-state index in [0.717, 1.165) is 6.07 Å². The van der Waals surface area contributed by atoms with Crippen LogP contribution in [0.25, 0.3) is 0 Å². The lowest BCUT2D eigenvalue weighted by atomic mass is 9.89. The van der Waals surface area contributed by atoms with E-state index in [9.17, 15) is 9.18 Å². The number of amides is 1. The number of nitrogens with one attached hydrogen (secondary N) is 1. The summed E-state index contributed by atoms with van der Waals surface area (Å²) < 4.78 is 13.8. The van der Waals surface area contributed by atoms with Gasteiger partial charge in [0, 0.05) is 11.0 Å². The van der Waals surface area contributed by atoms with Gasteiger partial charge in [0.1, 0.15) is 5.82 Å². The highest BCUT2D eigenvalue weighted by molar-refractivity contribution is 5.98. The molecule has 0 radical (unpaired) electrons. The van der Waals surface area contributed by atoms with Crippen molar-refractivity contribution in [1.29, 1.82) is 0 Å². The maximum Gasteiger partial charge on any atom is 0.230 e. The average molecular weight is 267 g/mol. The lowest BCUT2D eigenvalue weighted by Gasteiger charge is -2.21. The van der Waals surface area contributed by atoms with Crippen LogP contribution in [0.15, 0.2) is 23.4 Å². The summed E-state index contributed by atoms with van der Waals surface area (Å²) >= 11 is 0. The second-order valence-electron chi connectivity index (χ2n) is 4.87. The minimum Gasteiger partial charge on any atom is -0.409 e. The molecule has 6 heteroatoms. The van der Waals surface area contributed by atoms with Crippen molar-refractivity contribution in [2.45, 2.75) is 27.2 Å². The number of benzene rings is 1. The van der Waals surface area contributed by atoms with Gasteiger partial charge in [0.25, 0.3) is 0 Å². The van der Waals surface area contributed by atoms with Gasteiger partial charge in [-0.1, -0.05) is 25.9 Å². The van der Waals surface area contributed by atoms with E-state index in [-0.39, 0.29) is 23.0 Å². The number of nitrogens with two attached hydrogens (primary N) is 1. The predicted molar refractivity (Wildman–Crippen MR) is 71.6 cm³/mol. The minimum atomic E-state index is -0.635. The van der Waals surface area contributed by atoms with Gasteiger partial charge in [-0.25, -0.2) is 4.39 Å². The largest absolute Gasteiger partial charge is 0.409 e. The zero-order valence-corrected chi connectivity index (χ0v) is 11.2. The van der Waals surface area contributed by atoms with Gasteiger partial charge in [-0.15, -0.1) is 0 Å². The van der Waals surface area contributed by atoms with Crippen molar-refractivity contribution in [2.75, 3.05) is 5.32 Å². The van der Waals surface area contributed by atoms with Crippen LogP contribution in [0.3, 0.4) is 0 Å². The van der Waals surface area contributed by atoms with Gasteiger partial charge < -0.3 is 16.3 Å². The molecule has 104 valence electrons. The molecule has 0 aliphatic carbocycles. The first kappa shape index (κ1) is 14.9. The summed E-state index contributed by atoms with van der Waals surface area (Å²) in [6.45, 7) is 5.45. The molecule has 0 aliphatic rings. The number of hydrogen-bond acceptors (Lipinski definition) is 3. The lowest BCUT2D eigenvalue weighted by molar-refractivity contribution is -0.124. The first-order chi connectivity index (χ1) is 8.81. The SMILES string of the molecule is CCC(C)(C)C(=O)Nc1ccc(/C(N)=N/O)cc1F. The molecular weight excluding hydrogens is 249 g/mol. The second-order valence-corrected chi connectivity index (χ2v) is 4.87. The van der Waals surface area contributed by atoms with Crippen LogP contribution in [-0.2, 0) is 4.79 Å². The van der Waals surface area contributed by atoms with Gasteiger partial charge in [0.05, 0.1) is 5.69 Å². The van der Waals surface area contributed by atoms with Crippen molar-refractivity contribution < 1.29 is 14.4 Å². The molecule has 0 saturated heterocycles. The highest BCUT2D eigenvalue weighted by Crippen LogP contribution is 2.23. The fourth-order valence-corrected chi connectivity index (χ4v) is 1.29. The molecule has 1 aromatic rings. The van der Waals surface area contributed by atoms with Crippen LogP contribution in [0.2, 0.25) is 0 Å². The molecule has 0 saturated carbocycles. The molecule has 1 amide bonds. The second kappa shape index (κ2) is 5.69. The third-order valence-corrected chi connectivity index (χ3v) is 3.12. The van der Waals surface area contributed by atoms with Crippen molar-refractivity contribution in [3.8, 4) is 0 Å². The molecule has 1 rings (SSSR count). The minimum absolute atomic E-state index is 0.0704. The molecule has 0 heterocycles. The van der Waals surface area contributed by atoms with E-state index in [4.69, 9.17) is 10.9 Å². The zero-order valence-electron chi connectivity index (χ0n) is 11.2. The van der Waals surface area contributed by atoms with E-state index in [1.54, 1.807) is 13.8 Å². The van der Waals surface area contributed by atoms with Crippen molar-refractivity contribution in [3.63, 3.8) is 0 Å². The molecule has 1 aromatic carbocycles. The Labute approximate surface area is 111 Å². The summed E-state index contributed by atoms with van der Waals surface area (Å²) in [5, 5.41) is 13.8. The van der Waals surface area contributed by atoms with Crippen LogP contribution in [0.5, 0.6) is 0 Å². The zero-order chi connectivity index (χ0) is 14.6.